The first-order valence-corrected chi connectivity index (χ1v) is 8.34. The summed E-state index contributed by atoms with van der Waals surface area (Å²) in [6.07, 6.45) is 0. The first-order chi connectivity index (χ1) is 10.7. The molecule has 0 N–H and O–H groups in total. The Kier molecular flexibility index (Phi) is 4.20. The van der Waals surface area contributed by atoms with Gasteiger partial charge < -0.3 is 4.90 Å². The lowest BCUT2D eigenvalue weighted by atomic mass is 10.0. The maximum absolute atomic E-state index is 12.3. The van der Waals surface area contributed by atoms with Crippen molar-refractivity contribution < 1.29 is 4.79 Å². The van der Waals surface area contributed by atoms with E-state index in [-0.39, 0.29) is 5.91 Å². The average molecular weight is 310 g/mol. The molecule has 0 unspecified atom stereocenters. The van der Waals surface area contributed by atoms with Crippen LogP contribution in [-0.2, 0) is 0 Å². The number of fused-ring (bicyclic) bond motifs is 1. The van der Waals surface area contributed by atoms with Gasteiger partial charge in [-0.05, 0) is 49.2 Å². The first kappa shape index (κ1) is 14.7. The lowest BCUT2D eigenvalue weighted by molar-refractivity contribution is 0.0773. The van der Waals surface area contributed by atoms with Crippen LogP contribution in [0.2, 0.25) is 0 Å². The molecule has 0 radical (unpaired) electrons. The number of hydrogen-bond acceptors (Lipinski definition) is 3. The Balaban J connectivity index is 1.88. The van der Waals surface area contributed by atoms with E-state index in [4.69, 9.17) is 0 Å². The zero-order chi connectivity index (χ0) is 15.5. The zero-order valence-corrected chi connectivity index (χ0v) is 13.6. The van der Waals surface area contributed by atoms with Crippen molar-refractivity contribution in [2.24, 2.45) is 0 Å². The highest BCUT2D eigenvalue weighted by Gasteiger charge is 2.12. The second kappa shape index (κ2) is 6.28. The van der Waals surface area contributed by atoms with Crippen LogP contribution in [0.3, 0.4) is 0 Å². The molecule has 0 spiro atoms. The summed E-state index contributed by atoms with van der Waals surface area (Å²) in [5, 5.41) is 0. The molecular weight excluding hydrogens is 292 g/mol. The molecule has 0 bridgehead atoms. The molecule has 3 aromatic rings. The van der Waals surface area contributed by atoms with E-state index in [1.165, 1.54) is 4.70 Å². The monoisotopic (exact) mass is 310 g/mol. The van der Waals surface area contributed by atoms with Crippen LogP contribution in [0.1, 0.15) is 24.2 Å². The summed E-state index contributed by atoms with van der Waals surface area (Å²) in [5.41, 5.74) is 5.90. The molecule has 0 saturated carbocycles. The quantitative estimate of drug-likeness (QED) is 0.713. The van der Waals surface area contributed by atoms with Crippen molar-refractivity contribution in [3.8, 4) is 11.1 Å². The zero-order valence-electron chi connectivity index (χ0n) is 12.7. The van der Waals surface area contributed by atoms with Crippen LogP contribution >= 0.6 is 11.3 Å². The standard InChI is InChI=1S/C18H18N2OS/c1-3-20(4-2)18(21)14-7-5-13(6-8-14)15-9-10-16-17(11-15)22-12-19-16/h5-12H,3-4H2,1-2H3. The number of aromatic nitrogens is 1. The highest BCUT2D eigenvalue weighted by molar-refractivity contribution is 7.16. The van der Waals surface area contributed by atoms with Gasteiger partial charge in [0.05, 0.1) is 15.7 Å². The predicted molar refractivity (Wildman–Crippen MR) is 92.3 cm³/mol. The van der Waals surface area contributed by atoms with Crippen molar-refractivity contribution in [1.29, 1.82) is 0 Å². The fourth-order valence-electron chi connectivity index (χ4n) is 2.53. The van der Waals surface area contributed by atoms with Gasteiger partial charge in [-0.25, -0.2) is 4.98 Å². The molecule has 2 aromatic carbocycles. The van der Waals surface area contributed by atoms with Crippen LogP contribution in [0, 0.1) is 0 Å². The maximum atomic E-state index is 12.3. The minimum atomic E-state index is 0.0921. The van der Waals surface area contributed by atoms with E-state index in [2.05, 4.69) is 17.1 Å². The minimum Gasteiger partial charge on any atom is -0.339 e. The summed E-state index contributed by atoms with van der Waals surface area (Å²) in [6, 6.07) is 14.1. The number of amides is 1. The third-order valence-corrected chi connectivity index (χ3v) is 4.64. The first-order valence-electron chi connectivity index (χ1n) is 7.46. The van der Waals surface area contributed by atoms with Gasteiger partial charge in [0.1, 0.15) is 0 Å². The fourth-order valence-corrected chi connectivity index (χ4v) is 3.25. The van der Waals surface area contributed by atoms with Crippen LogP contribution in [0.4, 0.5) is 0 Å². The number of rotatable bonds is 4. The van der Waals surface area contributed by atoms with Gasteiger partial charge in [-0.2, -0.15) is 0 Å². The molecular formula is C18H18N2OS. The number of hydrogen-bond donors (Lipinski definition) is 0. The van der Waals surface area contributed by atoms with Crippen molar-refractivity contribution in [3.63, 3.8) is 0 Å². The number of benzene rings is 2. The van der Waals surface area contributed by atoms with Gasteiger partial charge in [0.2, 0.25) is 0 Å². The van der Waals surface area contributed by atoms with Gasteiger partial charge >= 0.3 is 0 Å². The van der Waals surface area contributed by atoms with Crippen molar-refractivity contribution in [1.82, 2.24) is 9.88 Å². The molecule has 3 nitrogen and oxygen atoms in total. The molecule has 0 aliphatic rings. The summed E-state index contributed by atoms with van der Waals surface area (Å²) in [7, 11) is 0. The van der Waals surface area contributed by atoms with Gasteiger partial charge in [0, 0.05) is 18.7 Å². The van der Waals surface area contributed by atoms with Gasteiger partial charge in [-0.1, -0.05) is 18.2 Å². The van der Waals surface area contributed by atoms with Crippen LogP contribution in [0.5, 0.6) is 0 Å². The lowest BCUT2D eigenvalue weighted by Gasteiger charge is -2.18. The van der Waals surface area contributed by atoms with Crippen molar-refractivity contribution in [2.75, 3.05) is 13.1 Å². The van der Waals surface area contributed by atoms with Crippen molar-refractivity contribution >= 4 is 27.5 Å². The van der Waals surface area contributed by atoms with Crippen LogP contribution in [-0.4, -0.2) is 28.9 Å². The van der Waals surface area contributed by atoms with E-state index in [0.717, 1.165) is 35.3 Å². The SMILES string of the molecule is CCN(CC)C(=O)c1ccc(-c2ccc3ncsc3c2)cc1. The molecule has 1 amide bonds. The largest absolute Gasteiger partial charge is 0.339 e. The maximum Gasteiger partial charge on any atom is 0.253 e. The molecule has 0 aliphatic heterocycles. The second-order valence-corrected chi connectivity index (χ2v) is 5.98. The summed E-state index contributed by atoms with van der Waals surface area (Å²) in [4.78, 5) is 18.4. The Hall–Kier alpha value is -2.20. The van der Waals surface area contributed by atoms with Crippen LogP contribution in [0.25, 0.3) is 21.3 Å². The van der Waals surface area contributed by atoms with Gasteiger partial charge in [0.15, 0.2) is 0 Å². The number of nitrogens with zero attached hydrogens (tertiary/aromatic N) is 2. The summed E-state index contributed by atoms with van der Waals surface area (Å²) >= 11 is 1.64. The van der Waals surface area contributed by atoms with Crippen molar-refractivity contribution in [3.05, 3.63) is 53.5 Å². The van der Waals surface area contributed by atoms with Gasteiger partial charge in [0.25, 0.3) is 5.91 Å². The molecule has 4 heteroatoms. The molecule has 112 valence electrons. The Morgan fingerprint density at radius 1 is 1.05 bits per heavy atom. The molecule has 3 rings (SSSR count). The molecule has 0 atom stereocenters. The molecule has 0 saturated heterocycles. The minimum absolute atomic E-state index is 0.0921. The second-order valence-electron chi connectivity index (χ2n) is 5.09. The molecule has 0 aliphatic carbocycles. The summed E-state index contributed by atoms with van der Waals surface area (Å²) < 4.78 is 1.18. The lowest BCUT2D eigenvalue weighted by Crippen LogP contribution is -2.30. The van der Waals surface area contributed by atoms with Gasteiger partial charge in [-0.3, -0.25) is 4.79 Å². The van der Waals surface area contributed by atoms with E-state index in [1.54, 1.807) is 11.3 Å². The molecule has 1 heterocycles. The smallest absolute Gasteiger partial charge is 0.253 e. The predicted octanol–water partition coefficient (Wildman–Crippen LogP) is 4.45. The Bertz CT molecular complexity index is 788. The summed E-state index contributed by atoms with van der Waals surface area (Å²) in [5.74, 6) is 0.0921. The fraction of sp³-hybridized carbons (Fsp3) is 0.222. The number of carbonyl (C=O) groups excluding carboxylic acids is 1. The summed E-state index contributed by atoms with van der Waals surface area (Å²) in [6.45, 7) is 5.47. The van der Waals surface area contributed by atoms with E-state index in [9.17, 15) is 4.79 Å². The van der Waals surface area contributed by atoms with E-state index >= 15 is 0 Å². The van der Waals surface area contributed by atoms with E-state index in [0.29, 0.717) is 0 Å². The number of thiazole rings is 1. The van der Waals surface area contributed by atoms with Crippen molar-refractivity contribution in [2.45, 2.75) is 13.8 Å². The Labute approximate surface area is 134 Å². The Morgan fingerprint density at radius 2 is 1.73 bits per heavy atom. The average Bonchev–Trinajstić information content (AvgIpc) is 3.03. The van der Waals surface area contributed by atoms with Gasteiger partial charge in [-0.15, -0.1) is 11.3 Å². The highest BCUT2D eigenvalue weighted by atomic mass is 32.1. The van der Waals surface area contributed by atoms with E-state index in [1.807, 2.05) is 54.6 Å². The normalized spacial score (nSPS) is 10.8. The molecule has 0 fully saturated rings. The topological polar surface area (TPSA) is 33.2 Å². The van der Waals surface area contributed by atoms with Crippen LogP contribution < -0.4 is 0 Å². The van der Waals surface area contributed by atoms with E-state index < -0.39 is 0 Å². The molecule has 22 heavy (non-hydrogen) atoms. The number of carbonyl (C=O) groups is 1. The highest BCUT2D eigenvalue weighted by Crippen LogP contribution is 2.26. The molecule has 1 aromatic heterocycles. The van der Waals surface area contributed by atoms with Crippen LogP contribution in [0.15, 0.2) is 48.0 Å². The third-order valence-electron chi connectivity index (χ3n) is 3.85. The Morgan fingerprint density at radius 3 is 2.41 bits per heavy atom. The third kappa shape index (κ3) is 2.74.